The number of fused-ring (bicyclic) bond motifs is 5. The molecule has 0 atom stereocenters. The maximum Gasteiger partial charge on any atom is 2.00 e. The van der Waals surface area contributed by atoms with E-state index >= 15 is 0 Å². The van der Waals surface area contributed by atoms with Crippen molar-refractivity contribution in [1.29, 1.82) is 0 Å². The molecule has 6 heteroatoms. The van der Waals surface area contributed by atoms with Gasteiger partial charge in [0.2, 0.25) is 0 Å². The fourth-order valence-electron chi connectivity index (χ4n) is 7.74. The summed E-state index contributed by atoms with van der Waals surface area (Å²) < 4.78 is 1.88. The molecule has 2 aliphatic rings. The van der Waals surface area contributed by atoms with Gasteiger partial charge in [-0.05, 0) is 62.4 Å². The Labute approximate surface area is 290 Å². The average molecular weight is 713 g/mol. The third-order valence-corrected chi connectivity index (χ3v) is 14.5. The summed E-state index contributed by atoms with van der Waals surface area (Å²) in [6.45, 7) is 4.61. The second-order valence-electron chi connectivity index (χ2n) is 12.5. The molecule has 0 aliphatic carbocycles. The molecule has 7 aromatic rings. The minimum atomic E-state index is -2.80. The summed E-state index contributed by atoms with van der Waals surface area (Å²) in [6.07, 6.45) is 5.71. The van der Waals surface area contributed by atoms with E-state index in [-0.39, 0.29) is 25.8 Å². The van der Waals surface area contributed by atoms with Crippen LogP contribution >= 0.6 is 0 Å². The Bertz CT molecular complexity index is 2220. The molecule has 228 valence electrons. The Morgan fingerprint density at radius 1 is 0.617 bits per heavy atom. The standard InChI is InChI=1S/C41H30N4Si.Pd/c1-41(2)34-17-5-6-18-36(34)45(37-28-29(22-23-35(37)41)44-26-12-25-43-44)30-13-11-14-31(27-30)46(40-21-9-10-24-42-40)38-19-7-3-15-32(38)33-16-4-8-20-39(33)46;/h3-26H,1-2H3;/q-2;+2. The Balaban J connectivity index is 0.00000324. The van der Waals surface area contributed by atoms with E-state index in [2.05, 4.69) is 151 Å². The Hall–Kier alpha value is -4.86. The van der Waals surface area contributed by atoms with Crippen molar-refractivity contribution in [3.8, 4) is 16.8 Å². The first-order chi connectivity index (χ1) is 22.6. The molecule has 4 nitrogen and oxygen atoms in total. The number of rotatable bonds is 4. The maximum absolute atomic E-state index is 5.09. The molecule has 9 rings (SSSR count). The molecular weight excluding hydrogens is 683 g/mol. The van der Waals surface area contributed by atoms with Gasteiger partial charge in [0.25, 0.3) is 0 Å². The van der Waals surface area contributed by atoms with E-state index in [0.29, 0.717) is 0 Å². The molecule has 4 heterocycles. The second-order valence-corrected chi connectivity index (χ2v) is 16.2. The predicted octanol–water partition coefficient (Wildman–Crippen LogP) is 6.33. The van der Waals surface area contributed by atoms with Crippen molar-refractivity contribution >= 4 is 46.0 Å². The zero-order valence-electron chi connectivity index (χ0n) is 26.0. The van der Waals surface area contributed by atoms with E-state index in [4.69, 9.17) is 4.98 Å². The van der Waals surface area contributed by atoms with Crippen LogP contribution in [-0.2, 0) is 25.8 Å². The van der Waals surface area contributed by atoms with Gasteiger partial charge in [-0.15, -0.1) is 23.8 Å². The van der Waals surface area contributed by atoms with E-state index in [0.717, 1.165) is 28.1 Å². The minimum absolute atomic E-state index is 0. The van der Waals surface area contributed by atoms with Crippen molar-refractivity contribution in [1.82, 2.24) is 14.8 Å². The van der Waals surface area contributed by atoms with E-state index < -0.39 is 8.07 Å². The molecule has 0 radical (unpaired) electrons. The van der Waals surface area contributed by atoms with Crippen LogP contribution in [0.1, 0.15) is 25.0 Å². The molecule has 0 unspecified atom stereocenters. The van der Waals surface area contributed by atoms with Gasteiger partial charge in [0.05, 0.1) is 0 Å². The van der Waals surface area contributed by atoms with E-state index in [1.54, 1.807) is 6.20 Å². The molecule has 2 aromatic heterocycles. The topological polar surface area (TPSA) is 34.0 Å². The van der Waals surface area contributed by atoms with Crippen LogP contribution in [0.5, 0.6) is 0 Å². The van der Waals surface area contributed by atoms with E-state index in [1.807, 2.05) is 29.2 Å². The number of hydrogen-bond donors (Lipinski definition) is 0. The van der Waals surface area contributed by atoms with Crippen molar-refractivity contribution in [3.05, 3.63) is 169 Å². The van der Waals surface area contributed by atoms with Crippen LogP contribution in [0.25, 0.3) is 16.8 Å². The van der Waals surface area contributed by atoms with Crippen molar-refractivity contribution in [2.24, 2.45) is 0 Å². The Morgan fingerprint density at radius 3 is 2.06 bits per heavy atom. The molecule has 47 heavy (non-hydrogen) atoms. The fraction of sp³-hybridized carbons (Fsp3) is 0.0732. The van der Waals surface area contributed by atoms with Gasteiger partial charge in [-0.3, -0.25) is 9.67 Å². The van der Waals surface area contributed by atoms with Crippen molar-refractivity contribution in [2.45, 2.75) is 19.3 Å². The number of anilines is 3. The van der Waals surface area contributed by atoms with Gasteiger partial charge >= 0.3 is 20.4 Å². The van der Waals surface area contributed by atoms with E-state index in [9.17, 15) is 0 Å². The molecule has 0 amide bonds. The van der Waals surface area contributed by atoms with Gasteiger partial charge in [0, 0.05) is 29.6 Å². The number of nitrogens with zero attached hydrogens (tertiary/aromatic N) is 4. The molecular formula is C41H30N4PdSi. The van der Waals surface area contributed by atoms with Gasteiger partial charge < -0.3 is 4.90 Å². The average Bonchev–Trinajstić information content (AvgIpc) is 3.75. The molecule has 0 saturated heterocycles. The quantitative estimate of drug-likeness (QED) is 0.158. The second kappa shape index (κ2) is 11.1. The summed E-state index contributed by atoms with van der Waals surface area (Å²) >= 11 is 0. The molecule has 5 aromatic carbocycles. The molecule has 0 bridgehead atoms. The van der Waals surface area contributed by atoms with Gasteiger partial charge in [-0.25, -0.2) is 0 Å². The molecule has 2 aliphatic heterocycles. The molecule has 0 fully saturated rings. The summed E-state index contributed by atoms with van der Waals surface area (Å²) in [5.74, 6) is 0. The van der Waals surface area contributed by atoms with Gasteiger partial charge in [-0.1, -0.05) is 98.0 Å². The number of pyridine rings is 1. The zero-order chi connectivity index (χ0) is 30.9. The van der Waals surface area contributed by atoms with Crippen molar-refractivity contribution in [2.75, 3.05) is 4.90 Å². The first kappa shape index (κ1) is 29.5. The summed E-state index contributed by atoms with van der Waals surface area (Å²) in [5, 5.41) is 9.55. The van der Waals surface area contributed by atoms with Crippen LogP contribution in [0.2, 0.25) is 0 Å². The van der Waals surface area contributed by atoms with Crippen molar-refractivity contribution in [3.63, 3.8) is 0 Å². The van der Waals surface area contributed by atoms with Crippen LogP contribution in [0, 0.1) is 12.1 Å². The maximum atomic E-state index is 5.09. The first-order valence-corrected chi connectivity index (χ1v) is 17.7. The van der Waals surface area contributed by atoms with E-state index in [1.165, 1.54) is 37.8 Å². The molecule has 0 saturated carbocycles. The summed E-state index contributed by atoms with van der Waals surface area (Å²) in [7, 11) is -2.80. The Morgan fingerprint density at radius 2 is 1.34 bits per heavy atom. The normalized spacial score (nSPS) is 14.7. The third kappa shape index (κ3) is 4.22. The van der Waals surface area contributed by atoms with Crippen LogP contribution in [-0.4, -0.2) is 22.8 Å². The van der Waals surface area contributed by atoms with Crippen LogP contribution < -0.4 is 25.8 Å². The first-order valence-electron chi connectivity index (χ1n) is 15.7. The monoisotopic (exact) mass is 712 g/mol. The number of para-hydroxylation sites is 1. The summed E-state index contributed by atoms with van der Waals surface area (Å²) in [4.78, 5) is 7.44. The third-order valence-electron chi connectivity index (χ3n) is 9.80. The van der Waals surface area contributed by atoms with Crippen LogP contribution in [0.15, 0.2) is 146 Å². The smallest absolute Gasteiger partial charge is 0.358 e. The fourth-order valence-corrected chi connectivity index (χ4v) is 12.7. The van der Waals surface area contributed by atoms with Crippen LogP contribution in [0.4, 0.5) is 17.1 Å². The largest absolute Gasteiger partial charge is 2.00 e. The summed E-state index contributed by atoms with van der Waals surface area (Å²) in [5.41, 5.74) is 8.91. The van der Waals surface area contributed by atoms with Crippen molar-refractivity contribution < 1.29 is 20.4 Å². The Kier molecular flexibility index (Phi) is 7.00. The summed E-state index contributed by atoms with van der Waals surface area (Å²) in [6, 6.07) is 53.7. The van der Waals surface area contributed by atoms with Crippen LogP contribution in [0.3, 0.4) is 0 Å². The van der Waals surface area contributed by atoms with Gasteiger partial charge in [0.1, 0.15) is 0 Å². The zero-order valence-corrected chi connectivity index (χ0v) is 28.5. The predicted molar refractivity (Wildman–Crippen MR) is 188 cm³/mol. The SMILES string of the molecule is CC1(C)c2ccc(-n3cccn3)[c-]c2N(c2[c-]c([Si]3(c4ccccn4)c4ccccc4-c4ccccc43)ccc2)c2ccccc21.[Pd+2]. The molecule has 0 N–H and O–H groups in total. The van der Waals surface area contributed by atoms with Gasteiger partial charge in [0.15, 0.2) is 8.07 Å². The number of aromatic nitrogens is 3. The number of benzene rings is 5. The van der Waals surface area contributed by atoms with Gasteiger partial charge in [-0.2, -0.15) is 34.6 Å². The number of hydrogen-bond acceptors (Lipinski definition) is 3. The minimum Gasteiger partial charge on any atom is -0.358 e. The molecule has 0 spiro atoms.